The number of aliphatic hydroxyl groups is 1. The topological polar surface area (TPSA) is 98.0 Å². The molecule has 7 heteroatoms. The Labute approximate surface area is 133 Å². The molecule has 1 N–H and O–H groups in total. The maximum Gasteiger partial charge on any atom is 0.338 e. The zero-order valence-electron chi connectivity index (χ0n) is 12.8. The molecule has 0 radical (unpaired) electrons. The fraction of sp³-hybridized carbons (Fsp3) is 0.500. The third kappa shape index (κ3) is 2.82. The van der Waals surface area contributed by atoms with Gasteiger partial charge in [0.25, 0.3) is 0 Å². The monoisotopic (exact) mass is 319 g/mol. The third-order valence-electron chi connectivity index (χ3n) is 3.84. The first-order chi connectivity index (χ1) is 10.9. The van der Waals surface area contributed by atoms with E-state index in [0.717, 1.165) is 0 Å². The number of ether oxygens (including phenoxy) is 4. The van der Waals surface area contributed by atoms with E-state index in [4.69, 9.17) is 18.9 Å². The van der Waals surface area contributed by atoms with Crippen molar-refractivity contribution in [3.05, 3.63) is 35.9 Å². The first kappa shape index (κ1) is 15.9. The van der Waals surface area contributed by atoms with E-state index < -0.39 is 35.9 Å². The van der Waals surface area contributed by atoms with Crippen molar-refractivity contribution in [2.24, 2.45) is 0 Å². The number of hydrogen-bond acceptors (Lipinski definition) is 7. The molecule has 2 heterocycles. The van der Waals surface area contributed by atoms with E-state index in [9.17, 15) is 15.2 Å². The van der Waals surface area contributed by atoms with Gasteiger partial charge in [-0.2, -0.15) is 5.26 Å². The summed E-state index contributed by atoms with van der Waals surface area (Å²) in [6.45, 7) is 3.05. The number of fused-ring (bicyclic) bond motifs is 1. The van der Waals surface area contributed by atoms with Crippen LogP contribution in [0.25, 0.3) is 0 Å². The van der Waals surface area contributed by atoms with Gasteiger partial charge in [0.15, 0.2) is 18.2 Å². The van der Waals surface area contributed by atoms with Crippen molar-refractivity contribution in [3.63, 3.8) is 0 Å². The summed E-state index contributed by atoms with van der Waals surface area (Å²) >= 11 is 0. The zero-order valence-corrected chi connectivity index (χ0v) is 12.8. The van der Waals surface area contributed by atoms with Crippen molar-refractivity contribution >= 4 is 5.97 Å². The Hall–Kier alpha value is -1.98. The Kier molecular flexibility index (Phi) is 3.86. The summed E-state index contributed by atoms with van der Waals surface area (Å²) in [6, 6.07) is 10.2. The van der Waals surface area contributed by atoms with Crippen LogP contribution in [0.2, 0.25) is 0 Å². The highest BCUT2D eigenvalue weighted by molar-refractivity contribution is 5.89. The van der Waals surface area contributed by atoms with Gasteiger partial charge in [0.2, 0.25) is 5.60 Å². The second kappa shape index (κ2) is 5.58. The summed E-state index contributed by atoms with van der Waals surface area (Å²) < 4.78 is 21.7. The predicted molar refractivity (Wildman–Crippen MR) is 76.0 cm³/mol. The maximum atomic E-state index is 11.9. The molecule has 7 nitrogen and oxygen atoms in total. The van der Waals surface area contributed by atoms with Crippen molar-refractivity contribution in [2.75, 3.05) is 6.61 Å². The number of nitriles is 1. The number of benzene rings is 1. The van der Waals surface area contributed by atoms with Gasteiger partial charge in [-0.15, -0.1) is 0 Å². The van der Waals surface area contributed by atoms with Gasteiger partial charge in [0.1, 0.15) is 18.8 Å². The van der Waals surface area contributed by atoms with E-state index in [2.05, 4.69) is 0 Å². The fourth-order valence-electron chi connectivity index (χ4n) is 2.69. The van der Waals surface area contributed by atoms with Crippen molar-refractivity contribution in [1.29, 1.82) is 5.26 Å². The van der Waals surface area contributed by atoms with Crippen LogP contribution in [0.4, 0.5) is 0 Å². The van der Waals surface area contributed by atoms with E-state index >= 15 is 0 Å². The van der Waals surface area contributed by atoms with Crippen LogP contribution in [0.1, 0.15) is 24.2 Å². The zero-order chi connectivity index (χ0) is 16.7. The van der Waals surface area contributed by atoms with E-state index in [1.807, 2.05) is 0 Å². The Morgan fingerprint density at radius 1 is 1.35 bits per heavy atom. The first-order valence-electron chi connectivity index (χ1n) is 7.22. The Morgan fingerprint density at radius 2 is 2.04 bits per heavy atom. The summed E-state index contributed by atoms with van der Waals surface area (Å²) in [7, 11) is 0. The van der Waals surface area contributed by atoms with Crippen LogP contribution in [-0.4, -0.2) is 47.6 Å². The van der Waals surface area contributed by atoms with E-state index in [1.165, 1.54) is 0 Å². The number of carbonyl (C=O) groups excluding carboxylic acids is 1. The van der Waals surface area contributed by atoms with Crippen LogP contribution in [-0.2, 0) is 18.9 Å². The number of carbonyl (C=O) groups is 1. The van der Waals surface area contributed by atoms with Crippen molar-refractivity contribution < 1.29 is 28.8 Å². The minimum Gasteiger partial charge on any atom is -0.459 e. The highest BCUT2D eigenvalue weighted by Crippen LogP contribution is 2.42. The van der Waals surface area contributed by atoms with Crippen LogP contribution in [0.3, 0.4) is 0 Å². The summed E-state index contributed by atoms with van der Waals surface area (Å²) in [5.74, 6) is -1.51. The Morgan fingerprint density at radius 3 is 2.70 bits per heavy atom. The normalized spacial score (nSPS) is 34.6. The van der Waals surface area contributed by atoms with Crippen LogP contribution in [0.15, 0.2) is 30.3 Å². The molecule has 4 atom stereocenters. The molecule has 0 aliphatic carbocycles. The minimum absolute atomic E-state index is 0.280. The number of rotatable bonds is 3. The summed E-state index contributed by atoms with van der Waals surface area (Å²) in [5.41, 5.74) is -1.57. The average Bonchev–Trinajstić information content (AvgIpc) is 2.97. The standard InChI is InChI=1S/C16H17NO6/c1-15(2)22-12-14(23-15)21-11(16(12,19)9-17)8-20-13(18)10-6-4-3-5-7-10/h3-7,11-12,14,19H,8H2,1-2H3/t11-,12+,14-,16-/m1/s1. The van der Waals surface area contributed by atoms with Gasteiger partial charge in [0.05, 0.1) is 5.56 Å². The molecule has 0 spiro atoms. The fourth-order valence-corrected chi connectivity index (χ4v) is 2.69. The highest BCUT2D eigenvalue weighted by atomic mass is 16.8. The van der Waals surface area contributed by atoms with Crippen molar-refractivity contribution in [1.82, 2.24) is 0 Å². The minimum atomic E-state index is -1.95. The van der Waals surface area contributed by atoms with Crippen LogP contribution < -0.4 is 0 Å². The first-order valence-corrected chi connectivity index (χ1v) is 7.22. The molecule has 0 aromatic heterocycles. The quantitative estimate of drug-likeness (QED) is 0.655. The molecule has 2 aliphatic heterocycles. The van der Waals surface area contributed by atoms with E-state index in [0.29, 0.717) is 5.56 Å². The van der Waals surface area contributed by atoms with Gasteiger partial charge >= 0.3 is 5.97 Å². The number of nitrogens with zero attached hydrogens (tertiary/aromatic N) is 1. The second-order valence-electron chi connectivity index (χ2n) is 5.95. The lowest BCUT2D eigenvalue weighted by Crippen LogP contribution is -2.49. The third-order valence-corrected chi connectivity index (χ3v) is 3.84. The average molecular weight is 319 g/mol. The van der Waals surface area contributed by atoms with Gasteiger partial charge in [-0.05, 0) is 26.0 Å². The molecule has 2 aliphatic rings. The lowest BCUT2D eigenvalue weighted by atomic mass is 9.94. The molecule has 0 saturated carbocycles. The van der Waals surface area contributed by atoms with Gasteiger partial charge in [-0.25, -0.2) is 4.79 Å². The number of hydrogen-bond donors (Lipinski definition) is 1. The Bertz CT molecular complexity index is 640. The molecule has 0 bridgehead atoms. The molecule has 122 valence electrons. The lowest BCUT2D eigenvalue weighted by molar-refractivity contribution is -0.226. The highest BCUT2D eigenvalue weighted by Gasteiger charge is 2.64. The largest absolute Gasteiger partial charge is 0.459 e. The molecule has 0 amide bonds. The van der Waals surface area contributed by atoms with Crippen LogP contribution in [0.5, 0.6) is 0 Å². The molecule has 3 rings (SSSR count). The Balaban J connectivity index is 1.68. The molecule has 0 unspecified atom stereocenters. The molecule has 1 aromatic carbocycles. The summed E-state index contributed by atoms with van der Waals surface area (Å²) in [5, 5.41) is 19.9. The van der Waals surface area contributed by atoms with E-state index in [1.54, 1.807) is 50.2 Å². The summed E-state index contributed by atoms with van der Waals surface area (Å²) in [4.78, 5) is 11.9. The van der Waals surface area contributed by atoms with Crippen molar-refractivity contribution in [3.8, 4) is 6.07 Å². The number of esters is 1. The van der Waals surface area contributed by atoms with Crippen LogP contribution >= 0.6 is 0 Å². The molecule has 2 saturated heterocycles. The van der Waals surface area contributed by atoms with Gasteiger partial charge in [0, 0.05) is 0 Å². The maximum absolute atomic E-state index is 11.9. The van der Waals surface area contributed by atoms with Gasteiger partial charge in [-0.1, -0.05) is 18.2 Å². The van der Waals surface area contributed by atoms with Gasteiger partial charge < -0.3 is 24.1 Å². The smallest absolute Gasteiger partial charge is 0.338 e. The second-order valence-corrected chi connectivity index (χ2v) is 5.95. The van der Waals surface area contributed by atoms with Gasteiger partial charge in [-0.3, -0.25) is 0 Å². The van der Waals surface area contributed by atoms with Crippen LogP contribution in [0, 0.1) is 11.3 Å². The molecule has 1 aromatic rings. The lowest BCUT2D eigenvalue weighted by Gasteiger charge is -2.27. The molecular formula is C16H17NO6. The van der Waals surface area contributed by atoms with E-state index in [-0.39, 0.29) is 6.61 Å². The summed E-state index contributed by atoms with van der Waals surface area (Å²) in [6.07, 6.45) is -2.88. The molecule has 2 fully saturated rings. The molecule has 23 heavy (non-hydrogen) atoms. The van der Waals surface area contributed by atoms with Crippen molar-refractivity contribution in [2.45, 2.75) is 43.7 Å². The molecular weight excluding hydrogens is 302 g/mol. The predicted octanol–water partition coefficient (Wildman–Crippen LogP) is 0.974. The SMILES string of the molecule is CC1(C)O[C@H]2O[C@H](COC(=O)c3ccccc3)[C@](O)(C#N)[C@H]2O1.